The summed E-state index contributed by atoms with van der Waals surface area (Å²) in [5.41, 5.74) is -0.672. The van der Waals surface area contributed by atoms with Crippen LogP contribution < -0.4 is 5.32 Å². The van der Waals surface area contributed by atoms with Crippen LogP contribution in [0.2, 0.25) is 5.02 Å². The molecule has 2 atom stereocenters. The zero-order valence-corrected chi connectivity index (χ0v) is 12.2. The molecule has 0 amide bonds. The predicted molar refractivity (Wildman–Crippen MR) is 76.1 cm³/mol. The number of rotatable bonds is 3. The van der Waals surface area contributed by atoms with Gasteiger partial charge in [-0.2, -0.15) is 13.2 Å². The van der Waals surface area contributed by atoms with Crippen LogP contribution in [0, 0.1) is 11.8 Å². The Kier molecular flexibility index (Phi) is 4.84. The van der Waals surface area contributed by atoms with Crippen molar-refractivity contribution in [2.45, 2.75) is 38.8 Å². The number of para-hydroxylation sites is 1. The smallest absolute Gasteiger partial charge is 0.383 e. The van der Waals surface area contributed by atoms with Gasteiger partial charge in [-0.15, -0.1) is 0 Å². The van der Waals surface area contributed by atoms with Gasteiger partial charge in [0, 0.05) is 6.54 Å². The molecule has 0 spiro atoms. The van der Waals surface area contributed by atoms with Crippen molar-refractivity contribution in [3.8, 4) is 0 Å². The summed E-state index contributed by atoms with van der Waals surface area (Å²) in [5, 5.41) is 3.05. The van der Waals surface area contributed by atoms with E-state index in [1.807, 2.05) is 0 Å². The maximum atomic E-state index is 13.0. The molecule has 0 saturated heterocycles. The normalized spacial score (nSPS) is 23.6. The maximum absolute atomic E-state index is 13.0. The number of nitrogens with one attached hydrogen (secondary N) is 1. The lowest BCUT2D eigenvalue weighted by Gasteiger charge is -2.27. The summed E-state index contributed by atoms with van der Waals surface area (Å²) in [5.74, 6) is 1.08. The fourth-order valence-corrected chi connectivity index (χ4v) is 3.17. The van der Waals surface area contributed by atoms with Crippen molar-refractivity contribution >= 4 is 17.3 Å². The Labute approximate surface area is 122 Å². The predicted octanol–water partition coefficient (Wildman–Crippen LogP) is 5.60. The molecule has 1 aromatic rings. The quantitative estimate of drug-likeness (QED) is 0.766. The van der Waals surface area contributed by atoms with Gasteiger partial charge in [0.25, 0.3) is 0 Å². The molecule has 1 aliphatic rings. The summed E-state index contributed by atoms with van der Waals surface area (Å²) in [4.78, 5) is 0. The molecule has 1 N–H and O–H groups in total. The molecule has 2 unspecified atom stereocenters. The van der Waals surface area contributed by atoms with Crippen molar-refractivity contribution in [2.75, 3.05) is 11.9 Å². The molecule has 5 heteroatoms. The zero-order chi connectivity index (χ0) is 14.8. The fraction of sp³-hybridized carbons (Fsp3) is 0.600. The van der Waals surface area contributed by atoms with E-state index in [0.29, 0.717) is 18.4 Å². The highest BCUT2D eigenvalue weighted by Gasteiger charge is 2.34. The molecule has 0 radical (unpaired) electrons. The van der Waals surface area contributed by atoms with Gasteiger partial charge in [0.15, 0.2) is 0 Å². The lowest BCUT2D eigenvalue weighted by molar-refractivity contribution is -0.136. The van der Waals surface area contributed by atoms with Crippen LogP contribution in [0.25, 0.3) is 0 Å². The number of anilines is 1. The minimum Gasteiger partial charge on any atom is -0.383 e. The van der Waals surface area contributed by atoms with Gasteiger partial charge >= 0.3 is 6.18 Å². The summed E-state index contributed by atoms with van der Waals surface area (Å²) in [6, 6.07) is 3.89. The summed E-state index contributed by atoms with van der Waals surface area (Å²) < 4.78 is 38.9. The van der Waals surface area contributed by atoms with Crippen LogP contribution in [0.3, 0.4) is 0 Å². The summed E-state index contributed by atoms with van der Waals surface area (Å²) in [6.45, 7) is 2.75. The molecule has 2 rings (SSSR count). The number of benzene rings is 1. The van der Waals surface area contributed by atoms with Gasteiger partial charge < -0.3 is 5.32 Å². The highest BCUT2D eigenvalue weighted by Crippen LogP contribution is 2.39. The molecule has 1 aliphatic carbocycles. The first-order valence-corrected chi connectivity index (χ1v) is 7.35. The molecule has 0 heterocycles. The average Bonchev–Trinajstić information content (AvgIpc) is 2.36. The van der Waals surface area contributed by atoms with Crippen LogP contribution in [0.4, 0.5) is 18.9 Å². The SMILES string of the molecule is CC1CCCC(CNc2c(Cl)cccc2C(F)(F)F)C1. The Balaban J connectivity index is 2.09. The lowest BCUT2D eigenvalue weighted by Crippen LogP contribution is -2.22. The molecule has 0 bridgehead atoms. The molecular weight excluding hydrogens is 287 g/mol. The number of hydrogen-bond donors (Lipinski definition) is 1. The van der Waals surface area contributed by atoms with E-state index in [9.17, 15) is 13.2 Å². The van der Waals surface area contributed by atoms with Gasteiger partial charge in [-0.05, 0) is 36.8 Å². The Bertz CT molecular complexity index is 459. The first kappa shape index (κ1) is 15.5. The number of alkyl halides is 3. The second-order valence-electron chi connectivity index (χ2n) is 5.68. The Morgan fingerprint density at radius 1 is 1.30 bits per heavy atom. The average molecular weight is 306 g/mol. The Morgan fingerprint density at radius 3 is 2.70 bits per heavy atom. The van der Waals surface area contributed by atoms with Crippen molar-refractivity contribution in [3.63, 3.8) is 0 Å². The molecule has 112 valence electrons. The molecule has 20 heavy (non-hydrogen) atoms. The van der Waals surface area contributed by atoms with Crippen LogP contribution in [-0.2, 0) is 6.18 Å². The summed E-state index contributed by atoms with van der Waals surface area (Å²) in [6.07, 6.45) is 0.133. The van der Waals surface area contributed by atoms with Gasteiger partial charge in [-0.3, -0.25) is 0 Å². The summed E-state index contributed by atoms with van der Waals surface area (Å²) >= 11 is 5.92. The highest BCUT2D eigenvalue weighted by molar-refractivity contribution is 6.33. The number of halogens is 4. The van der Waals surface area contributed by atoms with Crippen LogP contribution in [0.5, 0.6) is 0 Å². The van der Waals surface area contributed by atoms with Crippen LogP contribution >= 0.6 is 11.6 Å². The molecule has 1 fully saturated rings. The van der Waals surface area contributed by atoms with E-state index < -0.39 is 11.7 Å². The number of hydrogen-bond acceptors (Lipinski definition) is 1. The molecule has 0 aromatic heterocycles. The monoisotopic (exact) mass is 305 g/mol. The first-order chi connectivity index (χ1) is 9.38. The van der Waals surface area contributed by atoms with Gasteiger partial charge in [0.1, 0.15) is 0 Å². The van der Waals surface area contributed by atoms with E-state index >= 15 is 0 Å². The van der Waals surface area contributed by atoms with Crippen LogP contribution in [0.15, 0.2) is 18.2 Å². The van der Waals surface area contributed by atoms with Crippen molar-refractivity contribution < 1.29 is 13.2 Å². The topological polar surface area (TPSA) is 12.0 Å². The van der Waals surface area contributed by atoms with Gasteiger partial charge in [-0.1, -0.05) is 37.4 Å². The second kappa shape index (κ2) is 6.25. The fourth-order valence-electron chi connectivity index (χ4n) is 2.93. The standard InChI is InChI=1S/C15H19ClF3N/c1-10-4-2-5-11(8-10)9-20-14-12(15(17,18)19)6-3-7-13(14)16/h3,6-7,10-11,20H,2,4-5,8-9H2,1H3. The zero-order valence-electron chi connectivity index (χ0n) is 11.4. The third-order valence-corrected chi connectivity index (χ3v) is 4.25. The second-order valence-corrected chi connectivity index (χ2v) is 6.09. The lowest BCUT2D eigenvalue weighted by atomic mass is 9.82. The minimum absolute atomic E-state index is 0.0138. The maximum Gasteiger partial charge on any atom is 0.418 e. The minimum atomic E-state index is -4.38. The van der Waals surface area contributed by atoms with E-state index in [1.165, 1.54) is 18.6 Å². The van der Waals surface area contributed by atoms with Crippen molar-refractivity contribution in [2.24, 2.45) is 11.8 Å². The Hall–Kier alpha value is -0.900. The molecule has 0 aliphatic heterocycles. The third kappa shape index (κ3) is 3.81. The van der Waals surface area contributed by atoms with Crippen molar-refractivity contribution in [1.29, 1.82) is 0 Å². The van der Waals surface area contributed by atoms with Gasteiger partial charge in [0.2, 0.25) is 0 Å². The Morgan fingerprint density at radius 2 is 2.05 bits per heavy atom. The van der Waals surface area contributed by atoms with E-state index in [-0.39, 0.29) is 10.7 Å². The van der Waals surface area contributed by atoms with E-state index in [0.717, 1.165) is 25.3 Å². The molecular formula is C15H19ClF3N. The van der Waals surface area contributed by atoms with E-state index in [2.05, 4.69) is 12.2 Å². The largest absolute Gasteiger partial charge is 0.418 e. The van der Waals surface area contributed by atoms with Crippen molar-refractivity contribution in [1.82, 2.24) is 0 Å². The molecule has 1 aromatic carbocycles. The molecule has 1 saturated carbocycles. The van der Waals surface area contributed by atoms with Gasteiger partial charge in [-0.25, -0.2) is 0 Å². The highest BCUT2D eigenvalue weighted by atomic mass is 35.5. The van der Waals surface area contributed by atoms with E-state index in [4.69, 9.17) is 11.6 Å². The summed E-state index contributed by atoms with van der Waals surface area (Å²) in [7, 11) is 0. The first-order valence-electron chi connectivity index (χ1n) is 6.97. The van der Waals surface area contributed by atoms with Gasteiger partial charge in [0.05, 0.1) is 16.3 Å². The van der Waals surface area contributed by atoms with E-state index in [1.54, 1.807) is 0 Å². The third-order valence-electron chi connectivity index (χ3n) is 3.93. The van der Waals surface area contributed by atoms with Crippen LogP contribution in [0.1, 0.15) is 38.2 Å². The molecule has 1 nitrogen and oxygen atoms in total. The van der Waals surface area contributed by atoms with Crippen molar-refractivity contribution in [3.05, 3.63) is 28.8 Å². The van der Waals surface area contributed by atoms with Crippen LogP contribution in [-0.4, -0.2) is 6.54 Å².